The third kappa shape index (κ3) is 44.2. The molecule has 0 aromatic rings. The number of aliphatic hydroxyl groups excluding tert-OH is 2. The Hall–Kier alpha value is -2.44. The quantitative estimate of drug-likeness (QED) is 0.0322. The number of rotatable bonds is 47. The van der Waals surface area contributed by atoms with Crippen molar-refractivity contribution in [1.29, 1.82) is 0 Å². The predicted molar refractivity (Wildman–Crippen MR) is 268 cm³/mol. The van der Waals surface area contributed by atoms with E-state index < -0.39 is 18.2 Å². The number of esters is 1. The van der Waals surface area contributed by atoms with Crippen LogP contribution in [0.4, 0.5) is 0 Å². The molecule has 0 saturated carbocycles. The molecule has 0 aromatic heterocycles. The Morgan fingerprint density at radius 2 is 0.823 bits per heavy atom. The monoisotopic (exact) mass is 868 g/mol. The zero-order valence-electron chi connectivity index (χ0n) is 41.0. The first-order chi connectivity index (χ1) is 30.5. The van der Waals surface area contributed by atoms with Gasteiger partial charge in [-0.3, -0.25) is 9.59 Å². The molecule has 62 heavy (non-hydrogen) atoms. The second-order valence-corrected chi connectivity index (χ2v) is 18.0. The lowest BCUT2D eigenvalue weighted by molar-refractivity contribution is -0.151. The minimum atomic E-state index is -0.798. The van der Waals surface area contributed by atoms with E-state index in [-0.39, 0.29) is 24.9 Å². The van der Waals surface area contributed by atoms with Gasteiger partial charge in [0.05, 0.1) is 25.2 Å². The van der Waals surface area contributed by atoms with Crippen LogP contribution in [0.3, 0.4) is 0 Å². The van der Waals surface area contributed by atoms with Crippen LogP contribution in [0.2, 0.25) is 0 Å². The number of carbonyl (C=O) groups excluding carboxylic acids is 2. The van der Waals surface area contributed by atoms with E-state index in [1.165, 1.54) is 116 Å². The Balaban J connectivity index is 4.63. The first-order valence-corrected chi connectivity index (χ1v) is 26.6. The molecule has 1 amide bonds. The summed E-state index contributed by atoms with van der Waals surface area (Å²) in [6, 6.07) is -0.713. The van der Waals surface area contributed by atoms with E-state index in [0.717, 1.165) is 96.3 Å². The van der Waals surface area contributed by atoms with Gasteiger partial charge in [-0.2, -0.15) is 0 Å². The summed E-state index contributed by atoms with van der Waals surface area (Å²) in [5.74, 6) is -0.515. The van der Waals surface area contributed by atoms with Crippen molar-refractivity contribution in [2.24, 2.45) is 0 Å². The number of ether oxygens (including phenoxy) is 1. The fourth-order valence-corrected chi connectivity index (χ4v) is 7.83. The van der Waals surface area contributed by atoms with Crippen molar-refractivity contribution >= 4 is 11.9 Å². The van der Waals surface area contributed by atoms with Gasteiger partial charge < -0.3 is 20.3 Å². The van der Waals surface area contributed by atoms with Crippen LogP contribution in [-0.2, 0) is 14.3 Å². The minimum absolute atomic E-state index is 0.0546. The zero-order valence-corrected chi connectivity index (χ0v) is 41.0. The molecule has 0 aromatic carbocycles. The van der Waals surface area contributed by atoms with E-state index in [1.54, 1.807) is 0 Å². The average Bonchev–Trinajstić information content (AvgIpc) is 3.26. The summed E-state index contributed by atoms with van der Waals surface area (Å²) in [4.78, 5) is 26.2. The number of hydrogen-bond acceptors (Lipinski definition) is 5. The van der Waals surface area contributed by atoms with Crippen LogP contribution in [0.1, 0.15) is 258 Å². The standard InChI is InChI=1S/C56H101NO5/c1-4-7-10-13-16-19-22-25-26-27-28-29-31-34-37-40-43-46-49-56(61)62-52(47-44-41-38-35-32-30-23-20-17-14-11-8-5-2)50-55(60)57-53(51-58)54(59)48-45-42-39-36-33-24-21-18-15-12-9-6-3/h17,20,22-23,25-30,52-54,58-59H,4-16,18-19,21,24,31-51H2,1-3H3,(H,57,60)/b20-17+,25-22+,27-26+,29-28+,30-23+. The van der Waals surface area contributed by atoms with Crippen LogP contribution in [0.25, 0.3) is 0 Å². The van der Waals surface area contributed by atoms with E-state index >= 15 is 0 Å². The average molecular weight is 868 g/mol. The van der Waals surface area contributed by atoms with Crippen LogP contribution in [-0.4, -0.2) is 46.9 Å². The van der Waals surface area contributed by atoms with Gasteiger partial charge in [-0.15, -0.1) is 0 Å². The molecule has 0 fully saturated rings. The molecule has 0 aliphatic carbocycles. The second-order valence-electron chi connectivity index (χ2n) is 18.0. The highest BCUT2D eigenvalue weighted by Crippen LogP contribution is 2.17. The van der Waals surface area contributed by atoms with E-state index in [2.05, 4.69) is 86.8 Å². The summed E-state index contributed by atoms with van der Waals surface area (Å²) in [6.45, 7) is 6.43. The Kier molecular flexibility index (Phi) is 47.6. The summed E-state index contributed by atoms with van der Waals surface area (Å²) in [6.07, 6.45) is 61.3. The summed E-state index contributed by atoms with van der Waals surface area (Å²) in [7, 11) is 0. The van der Waals surface area contributed by atoms with Crippen LogP contribution >= 0.6 is 0 Å². The van der Waals surface area contributed by atoms with Gasteiger partial charge in [-0.1, -0.05) is 229 Å². The molecule has 3 atom stereocenters. The molecule has 3 unspecified atom stereocenters. The van der Waals surface area contributed by atoms with Crippen molar-refractivity contribution < 1.29 is 24.5 Å². The maximum atomic E-state index is 13.2. The highest BCUT2D eigenvalue weighted by atomic mass is 16.5. The van der Waals surface area contributed by atoms with Crippen molar-refractivity contribution in [3.05, 3.63) is 60.8 Å². The number of allylic oxidation sites excluding steroid dienone is 10. The molecule has 0 rings (SSSR count). The third-order valence-electron chi connectivity index (χ3n) is 11.9. The first kappa shape index (κ1) is 59.6. The van der Waals surface area contributed by atoms with Gasteiger partial charge in [0.15, 0.2) is 0 Å². The van der Waals surface area contributed by atoms with Crippen LogP contribution in [0.15, 0.2) is 60.8 Å². The van der Waals surface area contributed by atoms with E-state index in [9.17, 15) is 19.8 Å². The highest BCUT2D eigenvalue weighted by Gasteiger charge is 2.24. The molecule has 0 bridgehead atoms. The molecule has 3 N–H and O–H groups in total. The fourth-order valence-electron chi connectivity index (χ4n) is 7.83. The molecule has 6 nitrogen and oxygen atoms in total. The Morgan fingerprint density at radius 1 is 0.468 bits per heavy atom. The molecule has 0 heterocycles. The van der Waals surface area contributed by atoms with E-state index in [4.69, 9.17) is 4.74 Å². The summed E-state index contributed by atoms with van der Waals surface area (Å²) in [5, 5.41) is 23.8. The van der Waals surface area contributed by atoms with Gasteiger partial charge in [-0.05, 0) is 77.0 Å². The summed E-state index contributed by atoms with van der Waals surface area (Å²) in [5.41, 5.74) is 0. The van der Waals surface area contributed by atoms with Gasteiger partial charge in [-0.25, -0.2) is 0 Å². The van der Waals surface area contributed by atoms with Gasteiger partial charge in [0.25, 0.3) is 0 Å². The van der Waals surface area contributed by atoms with E-state index in [1.807, 2.05) is 0 Å². The lowest BCUT2D eigenvalue weighted by atomic mass is 10.0. The Labute approximate surface area is 384 Å². The summed E-state index contributed by atoms with van der Waals surface area (Å²) < 4.78 is 5.92. The largest absolute Gasteiger partial charge is 0.462 e. The second kappa shape index (κ2) is 49.6. The summed E-state index contributed by atoms with van der Waals surface area (Å²) >= 11 is 0. The number of hydrogen-bond donors (Lipinski definition) is 3. The SMILES string of the molecule is CCCCC/C=C/C=C/CCCCCCC(CC(=O)NC(CO)C(O)CCCCCCCCCCCCCC)OC(=O)CCCCCCC/C=C/C=C/C=C/CCCCCCC. The lowest BCUT2D eigenvalue weighted by Crippen LogP contribution is -2.46. The van der Waals surface area contributed by atoms with Crippen LogP contribution < -0.4 is 5.32 Å². The zero-order chi connectivity index (χ0) is 45.2. The van der Waals surface area contributed by atoms with Gasteiger partial charge in [0.2, 0.25) is 5.91 Å². The topological polar surface area (TPSA) is 95.9 Å². The molecule has 0 spiro atoms. The van der Waals surface area contributed by atoms with Crippen molar-refractivity contribution in [3.63, 3.8) is 0 Å². The van der Waals surface area contributed by atoms with Crippen molar-refractivity contribution in [2.75, 3.05) is 6.61 Å². The fraction of sp³-hybridized carbons (Fsp3) is 0.786. The molecule has 0 aliphatic heterocycles. The Morgan fingerprint density at radius 3 is 1.27 bits per heavy atom. The molecule has 360 valence electrons. The van der Waals surface area contributed by atoms with E-state index in [0.29, 0.717) is 19.3 Å². The predicted octanol–water partition coefficient (Wildman–Crippen LogP) is 16.0. The molecule has 6 heteroatoms. The Bertz CT molecular complexity index is 1110. The smallest absolute Gasteiger partial charge is 0.306 e. The first-order valence-electron chi connectivity index (χ1n) is 26.6. The minimum Gasteiger partial charge on any atom is -0.462 e. The van der Waals surface area contributed by atoms with Gasteiger partial charge >= 0.3 is 5.97 Å². The van der Waals surface area contributed by atoms with Gasteiger partial charge in [0, 0.05) is 6.42 Å². The normalized spacial score (nSPS) is 13.7. The van der Waals surface area contributed by atoms with Crippen LogP contribution in [0.5, 0.6) is 0 Å². The molecular weight excluding hydrogens is 767 g/mol. The van der Waals surface area contributed by atoms with Gasteiger partial charge in [0.1, 0.15) is 6.10 Å². The van der Waals surface area contributed by atoms with Crippen molar-refractivity contribution in [1.82, 2.24) is 5.32 Å². The molecule has 0 radical (unpaired) electrons. The van der Waals surface area contributed by atoms with Crippen molar-refractivity contribution in [3.8, 4) is 0 Å². The highest BCUT2D eigenvalue weighted by molar-refractivity contribution is 5.77. The molecule has 0 aliphatic rings. The maximum absolute atomic E-state index is 13.2. The van der Waals surface area contributed by atoms with Crippen molar-refractivity contribution in [2.45, 2.75) is 277 Å². The number of amides is 1. The number of unbranched alkanes of at least 4 members (excludes halogenated alkanes) is 28. The number of carbonyl (C=O) groups is 2. The van der Waals surface area contributed by atoms with Crippen LogP contribution in [0, 0.1) is 0 Å². The number of nitrogens with one attached hydrogen (secondary N) is 1. The molecule has 0 saturated heterocycles. The lowest BCUT2D eigenvalue weighted by Gasteiger charge is -2.24. The molecular formula is C56H101NO5. The third-order valence-corrected chi connectivity index (χ3v) is 11.9. The number of aliphatic hydroxyl groups is 2. The maximum Gasteiger partial charge on any atom is 0.306 e.